The quantitative estimate of drug-likeness (QED) is 0.588. The molecule has 0 aromatic heterocycles. The lowest BCUT2D eigenvalue weighted by atomic mass is 9.83. The molecule has 9 heteroatoms. The van der Waals surface area contributed by atoms with Crippen molar-refractivity contribution in [1.29, 1.82) is 5.26 Å². The monoisotopic (exact) mass is 532 g/mol. The number of fused-ring (bicyclic) bond motifs is 1. The molecule has 3 fully saturated rings. The average molecular weight is 533 g/mol. The van der Waals surface area contributed by atoms with Crippen LogP contribution in [0, 0.1) is 11.3 Å². The Kier molecular flexibility index (Phi) is 6.58. The number of amides is 3. The van der Waals surface area contributed by atoms with E-state index < -0.39 is 11.9 Å². The fourth-order valence-corrected chi connectivity index (χ4v) is 6.56. The van der Waals surface area contributed by atoms with Crippen molar-refractivity contribution in [3.05, 3.63) is 63.7 Å². The van der Waals surface area contributed by atoms with Crippen LogP contribution in [0.15, 0.2) is 36.4 Å². The van der Waals surface area contributed by atoms with Gasteiger partial charge in [0.15, 0.2) is 0 Å². The summed E-state index contributed by atoms with van der Waals surface area (Å²) >= 11 is 6.08. The van der Waals surface area contributed by atoms with Crippen LogP contribution in [-0.4, -0.2) is 58.8 Å². The van der Waals surface area contributed by atoms with Gasteiger partial charge < -0.3 is 9.64 Å². The van der Waals surface area contributed by atoms with Crippen molar-refractivity contribution in [2.24, 2.45) is 0 Å². The van der Waals surface area contributed by atoms with E-state index in [9.17, 15) is 19.6 Å². The minimum atomic E-state index is -0.624. The largest absolute Gasteiger partial charge is 0.489 e. The number of nitrogens with zero attached hydrogens (tertiary/aromatic N) is 3. The van der Waals surface area contributed by atoms with E-state index in [1.54, 1.807) is 17.0 Å². The van der Waals surface area contributed by atoms with Crippen molar-refractivity contribution in [2.45, 2.75) is 69.2 Å². The maximum Gasteiger partial charge on any atom is 0.255 e. The van der Waals surface area contributed by atoms with E-state index in [0.717, 1.165) is 55.6 Å². The van der Waals surface area contributed by atoms with Gasteiger partial charge in [-0.05, 0) is 67.1 Å². The number of imide groups is 1. The molecule has 2 aromatic rings. The maximum atomic E-state index is 13.0. The summed E-state index contributed by atoms with van der Waals surface area (Å²) in [4.78, 5) is 40.9. The number of halogens is 1. The number of rotatable bonds is 5. The second-order valence-electron chi connectivity index (χ2n) is 10.7. The summed E-state index contributed by atoms with van der Waals surface area (Å²) in [5.74, 6) is 0.175. The first-order valence-corrected chi connectivity index (χ1v) is 13.7. The number of benzene rings is 2. The highest BCUT2D eigenvalue weighted by molar-refractivity contribution is 6.30. The minimum Gasteiger partial charge on any atom is -0.489 e. The Bertz CT molecular complexity index is 1350. The van der Waals surface area contributed by atoms with Crippen molar-refractivity contribution in [1.82, 2.24) is 15.1 Å². The number of ether oxygens (including phenoxy) is 1. The third-order valence-electron chi connectivity index (χ3n) is 8.40. The van der Waals surface area contributed by atoms with Crippen LogP contribution >= 0.6 is 11.6 Å². The number of hydrogen-bond donors (Lipinski definition) is 1. The number of piperidine rings is 1. The van der Waals surface area contributed by atoms with E-state index in [1.807, 2.05) is 24.3 Å². The summed E-state index contributed by atoms with van der Waals surface area (Å²) in [7, 11) is 0. The van der Waals surface area contributed by atoms with E-state index in [1.165, 1.54) is 0 Å². The van der Waals surface area contributed by atoms with Crippen molar-refractivity contribution in [3.63, 3.8) is 0 Å². The van der Waals surface area contributed by atoms with Crippen LogP contribution in [0.1, 0.15) is 71.5 Å². The number of hydrogen-bond acceptors (Lipinski definition) is 6. The molecule has 38 heavy (non-hydrogen) atoms. The molecule has 0 unspecified atom stereocenters. The zero-order chi connectivity index (χ0) is 26.4. The molecule has 0 radical (unpaired) electrons. The molecule has 2 aromatic carbocycles. The lowest BCUT2D eigenvalue weighted by Crippen LogP contribution is -2.57. The van der Waals surface area contributed by atoms with Gasteiger partial charge in [0.25, 0.3) is 5.91 Å². The smallest absolute Gasteiger partial charge is 0.255 e. The molecular weight excluding hydrogens is 504 g/mol. The summed E-state index contributed by atoms with van der Waals surface area (Å²) in [6.45, 7) is 2.11. The fourth-order valence-electron chi connectivity index (χ4n) is 6.39. The molecule has 1 saturated carbocycles. The van der Waals surface area contributed by atoms with Crippen LogP contribution < -0.4 is 10.1 Å². The van der Waals surface area contributed by atoms with E-state index in [0.29, 0.717) is 41.1 Å². The lowest BCUT2D eigenvalue weighted by molar-refractivity contribution is -0.136. The highest BCUT2D eigenvalue weighted by Crippen LogP contribution is 2.38. The summed E-state index contributed by atoms with van der Waals surface area (Å²) in [5, 5.41) is 12.5. The molecule has 1 aliphatic carbocycles. The van der Waals surface area contributed by atoms with E-state index in [-0.39, 0.29) is 24.3 Å². The first kappa shape index (κ1) is 24.9. The molecule has 3 aliphatic heterocycles. The van der Waals surface area contributed by atoms with Gasteiger partial charge in [0, 0.05) is 48.6 Å². The molecule has 3 heterocycles. The normalized spacial score (nSPS) is 25.9. The third-order valence-corrected chi connectivity index (χ3v) is 8.64. The van der Waals surface area contributed by atoms with Crippen molar-refractivity contribution in [3.8, 4) is 11.8 Å². The van der Waals surface area contributed by atoms with Gasteiger partial charge in [0.1, 0.15) is 17.9 Å². The highest BCUT2D eigenvalue weighted by atomic mass is 35.5. The Balaban J connectivity index is 1.12. The van der Waals surface area contributed by atoms with Gasteiger partial charge in [-0.1, -0.05) is 24.1 Å². The summed E-state index contributed by atoms with van der Waals surface area (Å²) in [6, 6.07) is 13.1. The van der Waals surface area contributed by atoms with Gasteiger partial charge in [0.2, 0.25) is 11.8 Å². The Morgan fingerprint density at radius 3 is 2.63 bits per heavy atom. The lowest BCUT2D eigenvalue weighted by Gasteiger charge is -2.48. The molecule has 6 rings (SSSR count). The van der Waals surface area contributed by atoms with Gasteiger partial charge in [-0.3, -0.25) is 24.6 Å². The van der Waals surface area contributed by atoms with Crippen LogP contribution in [0.3, 0.4) is 0 Å². The molecule has 0 bridgehead atoms. The minimum absolute atomic E-state index is 0.0479. The standard InChI is InChI=1S/C29H29ClN4O4/c30-20-5-7-22(17(11-20)13-31)19-14-33(15-19)24-3-1-2-4-26(24)38-21-6-8-23-18(12-21)16-34(29(23)37)25-9-10-27(35)32-28(25)36/h5-8,11-12,19,24-26H,1-4,9-10,14-16H2,(H,32,35,36)/t24-,25+,26+/m0/s1. The number of nitriles is 1. The van der Waals surface area contributed by atoms with Crippen molar-refractivity contribution in [2.75, 3.05) is 13.1 Å². The summed E-state index contributed by atoms with van der Waals surface area (Å²) in [5.41, 5.74) is 3.15. The van der Waals surface area contributed by atoms with Gasteiger partial charge in [-0.25, -0.2) is 0 Å². The molecule has 3 atom stereocenters. The zero-order valence-corrected chi connectivity index (χ0v) is 21.7. The van der Waals surface area contributed by atoms with Crippen molar-refractivity contribution < 1.29 is 19.1 Å². The number of carbonyl (C=O) groups is 3. The molecule has 2 saturated heterocycles. The SMILES string of the molecule is N#Cc1cc(Cl)ccc1C1CN([C@H]2CCCC[C@H]2Oc2ccc3c(c2)CN([C@@H]2CCC(=O)NC2=O)C3=O)C1. The molecule has 8 nitrogen and oxygen atoms in total. The Labute approximate surface area is 226 Å². The molecule has 196 valence electrons. The van der Waals surface area contributed by atoms with Crippen LogP contribution in [0.2, 0.25) is 5.02 Å². The first-order valence-electron chi connectivity index (χ1n) is 13.3. The van der Waals surface area contributed by atoms with E-state index in [4.69, 9.17) is 16.3 Å². The van der Waals surface area contributed by atoms with Crippen LogP contribution in [0.25, 0.3) is 0 Å². The molecular formula is C29H29ClN4O4. The molecule has 1 N–H and O–H groups in total. The summed E-state index contributed by atoms with van der Waals surface area (Å²) in [6.07, 6.45) is 4.94. The predicted molar refractivity (Wildman–Crippen MR) is 140 cm³/mol. The highest BCUT2D eigenvalue weighted by Gasteiger charge is 2.41. The topological polar surface area (TPSA) is 103 Å². The Morgan fingerprint density at radius 2 is 1.84 bits per heavy atom. The van der Waals surface area contributed by atoms with Gasteiger partial charge >= 0.3 is 0 Å². The van der Waals surface area contributed by atoms with Gasteiger partial charge in [-0.15, -0.1) is 0 Å². The first-order chi connectivity index (χ1) is 18.4. The Hall–Kier alpha value is -3.41. The Morgan fingerprint density at radius 1 is 1.03 bits per heavy atom. The number of nitrogens with one attached hydrogen (secondary N) is 1. The predicted octanol–water partition coefficient (Wildman–Crippen LogP) is 3.76. The van der Waals surface area contributed by atoms with Crippen molar-refractivity contribution >= 4 is 29.3 Å². The number of carbonyl (C=O) groups excluding carboxylic acids is 3. The molecule has 4 aliphatic rings. The van der Waals surface area contributed by atoms with E-state index in [2.05, 4.69) is 16.3 Å². The third kappa shape index (κ3) is 4.55. The average Bonchev–Trinajstić information content (AvgIpc) is 3.20. The molecule has 0 spiro atoms. The van der Waals surface area contributed by atoms with Crippen LogP contribution in [-0.2, 0) is 16.1 Å². The van der Waals surface area contributed by atoms with E-state index >= 15 is 0 Å². The van der Waals surface area contributed by atoms with Crippen LogP contribution in [0.4, 0.5) is 0 Å². The zero-order valence-electron chi connectivity index (χ0n) is 21.0. The molecule has 3 amide bonds. The second-order valence-corrected chi connectivity index (χ2v) is 11.2. The van der Waals surface area contributed by atoms with Gasteiger partial charge in [0.05, 0.1) is 11.6 Å². The maximum absolute atomic E-state index is 13.0. The fraction of sp³-hybridized carbons (Fsp3) is 0.448. The van der Waals surface area contributed by atoms with Gasteiger partial charge in [-0.2, -0.15) is 5.26 Å². The van der Waals surface area contributed by atoms with Crippen LogP contribution in [0.5, 0.6) is 5.75 Å². The summed E-state index contributed by atoms with van der Waals surface area (Å²) < 4.78 is 6.54. The second kappa shape index (κ2) is 10.0. The number of likely N-dealkylation sites (tertiary alicyclic amines) is 1.